The van der Waals surface area contributed by atoms with E-state index in [1.54, 1.807) is 12.3 Å². The van der Waals surface area contributed by atoms with Gasteiger partial charge in [0.05, 0.1) is 0 Å². The van der Waals surface area contributed by atoms with Gasteiger partial charge in [0, 0.05) is 30.4 Å². The number of hydrogen-bond acceptors (Lipinski definition) is 3. The van der Waals surface area contributed by atoms with Crippen LogP contribution in [0.15, 0.2) is 18.3 Å². The van der Waals surface area contributed by atoms with E-state index in [0.29, 0.717) is 12.2 Å². The van der Waals surface area contributed by atoms with E-state index >= 15 is 0 Å². The maximum atomic E-state index is 5.52. The highest BCUT2D eigenvalue weighted by atomic mass is 14.9. The summed E-state index contributed by atoms with van der Waals surface area (Å²) in [7, 11) is 0. The monoisotopic (exact) mass is 175 g/mol. The van der Waals surface area contributed by atoms with Crippen molar-refractivity contribution in [2.24, 2.45) is 0 Å². The SMILES string of the molecule is C#CCC(C)Nc1ccnc(N)c1. The molecule has 1 atom stereocenters. The molecular formula is C10H13N3. The molecule has 3 N–H and O–H groups in total. The lowest BCUT2D eigenvalue weighted by Gasteiger charge is -2.12. The number of nitrogens with one attached hydrogen (secondary N) is 1. The molecule has 0 fully saturated rings. The molecule has 13 heavy (non-hydrogen) atoms. The summed E-state index contributed by atoms with van der Waals surface area (Å²) in [5.41, 5.74) is 6.47. The van der Waals surface area contributed by atoms with Crippen molar-refractivity contribution in [1.82, 2.24) is 4.98 Å². The summed E-state index contributed by atoms with van der Waals surface area (Å²) in [6.07, 6.45) is 7.55. The van der Waals surface area contributed by atoms with E-state index in [4.69, 9.17) is 12.2 Å². The fraction of sp³-hybridized carbons (Fsp3) is 0.300. The topological polar surface area (TPSA) is 50.9 Å². The molecule has 0 saturated carbocycles. The van der Waals surface area contributed by atoms with Crippen molar-refractivity contribution in [3.63, 3.8) is 0 Å². The molecule has 1 rings (SSSR count). The quantitative estimate of drug-likeness (QED) is 0.684. The largest absolute Gasteiger partial charge is 0.384 e. The van der Waals surface area contributed by atoms with E-state index in [0.717, 1.165) is 5.69 Å². The third kappa shape index (κ3) is 3.04. The molecule has 3 heteroatoms. The molecule has 1 aromatic heterocycles. The Morgan fingerprint density at radius 1 is 1.77 bits per heavy atom. The van der Waals surface area contributed by atoms with Gasteiger partial charge in [0.2, 0.25) is 0 Å². The van der Waals surface area contributed by atoms with Crippen molar-refractivity contribution in [2.45, 2.75) is 19.4 Å². The molecular weight excluding hydrogens is 162 g/mol. The van der Waals surface area contributed by atoms with Gasteiger partial charge in [-0.3, -0.25) is 0 Å². The Morgan fingerprint density at radius 2 is 2.54 bits per heavy atom. The highest BCUT2D eigenvalue weighted by molar-refractivity contribution is 5.50. The Labute approximate surface area is 78.4 Å². The van der Waals surface area contributed by atoms with Gasteiger partial charge in [-0.15, -0.1) is 12.3 Å². The summed E-state index contributed by atoms with van der Waals surface area (Å²) in [5.74, 6) is 3.10. The van der Waals surface area contributed by atoms with Crippen molar-refractivity contribution in [1.29, 1.82) is 0 Å². The van der Waals surface area contributed by atoms with Crippen molar-refractivity contribution in [2.75, 3.05) is 11.1 Å². The van der Waals surface area contributed by atoms with Crippen LogP contribution in [-0.4, -0.2) is 11.0 Å². The molecule has 1 heterocycles. The molecule has 3 nitrogen and oxygen atoms in total. The molecule has 0 saturated heterocycles. The zero-order valence-corrected chi connectivity index (χ0v) is 7.62. The van der Waals surface area contributed by atoms with Crippen LogP contribution in [0.1, 0.15) is 13.3 Å². The van der Waals surface area contributed by atoms with Gasteiger partial charge in [-0.2, -0.15) is 0 Å². The average molecular weight is 175 g/mol. The number of aromatic nitrogens is 1. The summed E-state index contributed by atoms with van der Waals surface area (Å²) >= 11 is 0. The highest BCUT2D eigenvalue weighted by Crippen LogP contribution is 2.10. The summed E-state index contributed by atoms with van der Waals surface area (Å²) in [6.45, 7) is 2.02. The van der Waals surface area contributed by atoms with Crippen LogP contribution in [0.3, 0.4) is 0 Å². The number of rotatable bonds is 3. The van der Waals surface area contributed by atoms with Crippen molar-refractivity contribution in [3.05, 3.63) is 18.3 Å². The lowest BCUT2D eigenvalue weighted by atomic mass is 10.2. The van der Waals surface area contributed by atoms with E-state index in [1.807, 2.05) is 13.0 Å². The first-order valence-corrected chi connectivity index (χ1v) is 4.14. The van der Waals surface area contributed by atoms with Crippen LogP contribution in [0.4, 0.5) is 11.5 Å². The molecule has 68 valence electrons. The van der Waals surface area contributed by atoms with Crippen LogP contribution in [0, 0.1) is 12.3 Å². The number of nitrogens with two attached hydrogens (primary N) is 1. The molecule has 0 bridgehead atoms. The summed E-state index contributed by atoms with van der Waals surface area (Å²) < 4.78 is 0. The minimum absolute atomic E-state index is 0.256. The first-order valence-electron chi connectivity index (χ1n) is 4.14. The Balaban J connectivity index is 2.59. The summed E-state index contributed by atoms with van der Waals surface area (Å²) in [4.78, 5) is 3.89. The van der Waals surface area contributed by atoms with Crippen LogP contribution < -0.4 is 11.1 Å². The third-order valence-electron chi connectivity index (χ3n) is 1.62. The Kier molecular flexibility index (Phi) is 3.15. The predicted molar refractivity (Wildman–Crippen MR) is 55.2 cm³/mol. The molecule has 0 aromatic carbocycles. The summed E-state index contributed by atoms with van der Waals surface area (Å²) in [5, 5.41) is 3.22. The molecule has 0 radical (unpaired) electrons. The lowest BCUT2D eigenvalue weighted by Crippen LogP contribution is -2.14. The lowest BCUT2D eigenvalue weighted by molar-refractivity contribution is 0.828. The van der Waals surface area contributed by atoms with Gasteiger partial charge in [-0.05, 0) is 13.0 Å². The van der Waals surface area contributed by atoms with Crippen molar-refractivity contribution >= 4 is 11.5 Å². The average Bonchev–Trinajstić information content (AvgIpc) is 2.04. The zero-order chi connectivity index (χ0) is 9.68. The molecule has 1 aromatic rings. The number of pyridine rings is 1. The van der Waals surface area contributed by atoms with Crippen LogP contribution >= 0.6 is 0 Å². The van der Waals surface area contributed by atoms with Gasteiger partial charge >= 0.3 is 0 Å². The Bertz CT molecular complexity index is 314. The van der Waals surface area contributed by atoms with Gasteiger partial charge in [0.25, 0.3) is 0 Å². The van der Waals surface area contributed by atoms with E-state index < -0.39 is 0 Å². The molecule has 1 unspecified atom stereocenters. The normalized spacial score (nSPS) is 11.7. The highest BCUT2D eigenvalue weighted by Gasteiger charge is 1.99. The first-order chi connectivity index (χ1) is 6.22. The van der Waals surface area contributed by atoms with Crippen molar-refractivity contribution in [3.8, 4) is 12.3 Å². The molecule has 0 aliphatic heterocycles. The number of hydrogen-bond donors (Lipinski definition) is 2. The van der Waals surface area contributed by atoms with Gasteiger partial charge in [0.1, 0.15) is 5.82 Å². The van der Waals surface area contributed by atoms with Crippen LogP contribution in [-0.2, 0) is 0 Å². The number of nitrogen functional groups attached to an aromatic ring is 1. The van der Waals surface area contributed by atoms with Gasteiger partial charge in [-0.25, -0.2) is 4.98 Å². The van der Waals surface area contributed by atoms with E-state index in [9.17, 15) is 0 Å². The second-order valence-electron chi connectivity index (χ2n) is 2.92. The molecule has 0 spiro atoms. The minimum atomic E-state index is 0.256. The maximum absolute atomic E-state index is 5.52. The van der Waals surface area contributed by atoms with E-state index in [2.05, 4.69) is 16.2 Å². The first kappa shape index (κ1) is 9.40. The molecule has 0 aliphatic rings. The Morgan fingerprint density at radius 3 is 3.15 bits per heavy atom. The predicted octanol–water partition coefficient (Wildman–Crippen LogP) is 1.49. The fourth-order valence-electron chi connectivity index (χ4n) is 1.05. The fourth-order valence-corrected chi connectivity index (χ4v) is 1.05. The van der Waals surface area contributed by atoms with Gasteiger partial charge in [-0.1, -0.05) is 0 Å². The van der Waals surface area contributed by atoms with Crippen LogP contribution in [0.5, 0.6) is 0 Å². The smallest absolute Gasteiger partial charge is 0.125 e. The van der Waals surface area contributed by atoms with E-state index in [-0.39, 0.29) is 6.04 Å². The number of anilines is 2. The van der Waals surface area contributed by atoms with Crippen LogP contribution in [0.25, 0.3) is 0 Å². The van der Waals surface area contributed by atoms with E-state index in [1.165, 1.54) is 0 Å². The molecule has 0 aliphatic carbocycles. The molecule has 0 amide bonds. The van der Waals surface area contributed by atoms with Crippen LogP contribution in [0.2, 0.25) is 0 Å². The number of terminal acetylenes is 1. The second kappa shape index (κ2) is 4.36. The zero-order valence-electron chi connectivity index (χ0n) is 7.62. The summed E-state index contributed by atoms with van der Waals surface area (Å²) in [6, 6.07) is 3.91. The maximum Gasteiger partial charge on any atom is 0.125 e. The van der Waals surface area contributed by atoms with Gasteiger partial charge in [0.15, 0.2) is 0 Å². The Hall–Kier alpha value is -1.69. The number of nitrogens with zero attached hydrogens (tertiary/aromatic N) is 1. The standard InChI is InChI=1S/C10H13N3/c1-3-4-8(2)13-9-5-6-12-10(11)7-9/h1,5-8H,4H2,2H3,(H3,11,12,13). The second-order valence-corrected chi connectivity index (χ2v) is 2.92. The third-order valence-corrected chi connectivity index (χ3v) is 1.62. The van der Waals surface area contributed by atoms with Crippen molar-refractivity contribution < 1.29 is 0 Å². The van der Waals surface area contributed by atoms with Gasteiger partial charge < -0.3 is 11.1 Å². The minimum Gasteiger partial charge on any atom is -0.384 e.